The molecule has 2 rings (SSSR count). The second-order valence-electron chi connectivity index (χ2n) is 5.95. The van der Waals surface area contributed by atoms with Gasteiger partial charge in [0.05, 0.1) is 24.3 Å². The van der Waals surface area contributed by atoms with Gasteiger partial charge in [-0.15, -0.1) is 0 Å². The molecule has 0 unspecified atom stereocenters. The van der Waals surface area contributed by atoms with Gasteiger partial charge in [0.2, 0.25) is 5.91 Å². The Balaban J connectivity index is 1.87. The number of carbonyl (C=O) groups excluding carboxylic acids is 1. The quantitative estimate of drug-likeness (QED) is 0.867. The lowest BCUT2D eigenvalue weighted by molar-refractivity contribution is -0.120. The summed E-state index contributed by atoms with van der Waals surface area (Å²) in [5.41, 5.74) is 2.54. The van der Waals surface area contributed by atoms with Gasteiger partial charge in [0.1, 0.15) is 11.9 Å². The second kappa shape index (κ2) is 7.59. The van der Waals surface area contributed by atoms with Crippen molar-refractivity contribution in [3.05, 3.63) is 41.3 Å². The summed E-state index contributed by atoms with van der Waals surface area (Å²) in [5, 5.41) is 16.1. The number of pyridine rings is 1. The van der Waals surface area contributed by atoms with Crippen molar-refractivity contribution in [1.82, 2.24) is 20.1 Å². The Morgan fingerprint density at radius 3 is 2.75 bits per heavy atom. The minimum atomic E-state index is -0.0855. The number of nitrogens with one attached hydrogen (secondary N) is 1. The van der Waals surface area contributed by atoms with E-state index in [-0.39, 0.29) is 18.5 Å². The van der Waals surface area contributed by atoms with E-state index in [4.69, 9.17) is 5.26 Å². The molecule has 2 heterocycles. The fraction of sp³-hybridized carbons (Fsp3) is 0.412. The number of nitrogens with zero attached hydrogens (tertiary/aromatic N) is 5. The third kappa shape index (κ3) is 4.56. The lowest BCUT2D eigenvalue weighted by atomic mass is 10.3. The zero-order chi connectivity index (χ0) is 17.7. The van der Waals surface area contributed by atoms with Gasteiger partial charge in [-0.25, -0.2) is 4.98 Å². The standard InChI is InChI=1S/C17H22N6O/c1-12-7-14(3)23(21-12)10-13(2)20-17(24)11-22(4)16-6-5-15(8-18)9-19-16/h5-7,9,13H,10-11H2,1-4H3,(H,20,24)/t13-/m0/s1. The van der Waals surface area contributed by atoms with Crippen LogP contribution in [0.1, 0.15) is 23.9 Å². The van der Waals surface area contributed by atoms with E-state index in [0.29, 0.717) is 17.9 Å². The number of aromatic nitrogens is 3. The van der Waals surface area contributed by atoms with Crippen molar-refractivity contribution >= 4 is 11.7 Å². The van der Waals surface area contributed by atoms with Gasteiger partial charge < -0.3 is 10.2 Å². The van der Waals surface area contributed by atoms with E-state index in [1.165, 1.54) is 6.20 Å². The number of hydrogen-bond donors (Lipinski definition) is 1. The number of nitriles is 1. The maximum absolute atomic E-state index is 12.2. The van der Waals surface area contributed by atoms with E-state index in [1.54, 1.807) is 24.1 Å². The summed E-state index contributed by atoms with van der Waals surface area (Å²) in [5.74, 6) is 0.563. The molecule has 0 aliphatic carbocycles. The van der Waals surface area contributed by atoms with Gasteiger partial charge in [-0.3, -0.25) is 9.48 Å². The molecule has 0 saturated heterocycles. The molecule has 0 spiro atoms. The van der Waals surface area contributed by atoms with Crippen LogP contribution in [0.4, 0.5) is 5.82 Å². The fourth-order valence-electron chi connectivity index (χ4n) is 2.46. The van der Waals surface area contributed by atoms with Crippen LogP contribution in [0.3, 0.4) is 0 Å². The zero-order valence-electron chi connectivity index (χ0n) is 14.4. The molecule has 1 N–H and O–H groups in total. The molecule has 0 saturated carbocycles. The average Bonchev–Trinajstić information content (AvgIpc) is 2.84. The number of likely N-dealkylation sites (N-methyl/N-ethyl adjacent to an activating group) is 1. The Labute approximate surface area is 141 Å². The third-order valence-corrected chi connectivity index (χ3v) is 3.61. The van der Waals surface area contributed by atoms with Gasteiger partial charge >= 0.3 is 0 Å². The van der Waals surface area contributed by atoms with Crippen LogP contribution in [0, 0.1) is 25.2 Å². The van der Waals surface area contributed by atoms with Crippen molar-refractivity contribution in [2.45, 2.75) is 33.4 Å². The molecule has 0 fully saturated rings. The highest BCUT2D eigenvalue weighted by Crippen LogP contribution is 2.08. The molecule has 24 heavy (non-hydrogen) atoms. The van der Waals surface area contributed by atoms with Gasteiger partial charge in [-0.2, -0.15) is 10.4 Å². The van der Waals surface area contributed by atoms with Crippen molar-refractivity contribution in [2.75, 3.05) is 18.5 Å². The van der Waals surface area contributed by atoms with Crippen LogP contribution in [0.25, 0.3) is 0 Å². The van der Waals surface area contributed by atoms with E-state index >= 15 is 0 Å². The lowest BCUT2D eigenvalue weighted by Gasteiger charge is -2.20. The van der Waals surface area contributed by atoms with E-state index < -0.39 is 0 Å². The van der Waals surface area contributed by atoms with Crippen molar-refractivity contribution < 1.29 is 4.79 Å². The first-order valence-electron chi connectivity index (χ1n) is 7.76. The Kier molecular flexibility index (Phi) is 5.53. The monoisotopic (exact) mass is 326 g/mol. The van der Waals surface area contributed by atoms with Gasteiger partial charge in [0.15, 0.2) is 0 Å². The van der Waals surface area contributed by atoms with Gasteiger partial charge in [-0.1, -0.05) is 0 Å². The molecule has 7 nitrogen and oxygen atoms in total. The molecule has 2 aromatic rings. The largest absolute Gasteiger partial charge is 0.350 e. The van der Waals surface area contributed by atoms with Crippen molar-refractivity contribution in [1.29, 1.82) is 5.26 Å². The predicted molar refractivity (Wildman–Crippen MR) is 91.5 cm³/mol. The molecule has 1 atom stereocenters. The van der Waals surface area contributed by atoms with Crippen LogP contribution in [0.15, 0.2) is 24.4 Å². The smallest absolute Gasteiger partial charge is 0.239 e. The van der Waals surface area contributed by atoms with Crippen molar-refractivity contribution in [3.63, 3.8) is 0 Å². The first-order chi connectivity index (χ1) is 11.4. The summed E-state index contributed by atoms with van der Waals surface area (Å²) in [6.45, 7) is 6.73. The highest BCUT2D eigenvalue weighted by atomic mass is 16.2. The Bertz CT molecular complexity index is 743. The number of anilines is 1. The molecule has 0 aromatic carbocycles. The summed E-state index contributed by atoms with van der Waals surface area (Å²) in [4.78, 5) is 18.1. The molecule has 0 radical (unpaired) electrons. The maximum Gasteiger partial charge on any atom is 0.239 e. The summed E-state index contributed by atoms with van der Waals surface area (Å²) >= 11 is 0. The van der Waals surface area contributed by atoms with E-state index in [2.05, 4.69) is 15.4 Å². The molecule has 2 aromatic heterocycles. The van der Waals surface area contributed by atoms with Gasteiger partial charge in [0, 0.05) is 25.0 Å². The van der Waals surface area contributed by atoms with Crippen LogP contribution in [-0.2, 0) is 11.3 Å². The Hall–Kier alpha value is -2.88. The highest BCUT2D eigenvalue weighted by Gasteiger charge is 2.13. The van der Waals surface area contributed by atoms with Crippen LogP contribution >= 0.6 is 0 Å². The maximum atomic E-state index is 12.2. The summed E-state index contributed by atoms with van der Waals surface area (Å²) in [6, 6.07) is 7.41. The van der Waals surface area contributed by atoms with Crippen LogP contribution < -0.4 is 10.2 Å². The normalized spacial score (nSPS) is 11.6. The number of rotatable bonds is 6. The molecule has 7 heteroatoms. The Morgan fingerprint density at radius 1 is 1.46 bits per heavy atom. The fourth-order valence-corrected chi connectivity index (χ4v) is 2.46. The number of carbonyl (C=O) groups is 1. The molecule has 0 aliphatic heterocycles. The minimum absolute atomic E-state index is 0.0298. The molecule has 1 amide bonds. The predicted octanol–water partition coefficient (Wildman–Crippen LogP) is 1.41. The van der Waals surface area contributed by atoms with Crippen molar-refractivity contribution in [3.8, 4) is 6.07 Å². The topological polar surface area (TPSA) is 86.8 Å². The minimum Gasteiger partial charge on any atom is -0.350 e. The van der Waals surface area contributed by atoms with Gasteiger partial charge in [0.25, 0.3) is 0 Å². The van der Waals surface area contributed by atoms with Crippen LogP contribution in [0.5, 0.6) is 0 Å². The first-order valence-corrected chi connectivity index (χ1v) is 7.76. The molecule has 126 valence electrons. The van der Waals surface area contributed by atoms with Crippen molar-refractivity contribution in [2.24, 2.45) is 0 Å². The molecule has 0 bridgehead atoms. The van der Waals surface area contributed by atoms with E-state index in [9.17, 15) is 4.79 Å². The SMILES string of the molecule is Cc1cc(C)n(C[C@H](C)NC(=O)CN(C)c2ccc(C#N)cn2)n1. The van der Waals surface area contributed by atoms with Crippen LogP contribution in [0.2, 0.25) is 0 Å². The Morgan fingerprint density at radius 2 is 2.21 bits per heavy atom. The summed E-state index contributed by atoms with van der Waals surface area (Å²) in [7, 11) is 1.79. The van der Waals surface area contributed by atoms with Gasteiger partial charge in [-0.05, 0) is 39.0 Å². The number of amides is 1. The summed E-state index contributed by atoms with van der Waals surface area (Å²) < 4.78 is 1.90. The number of aryl methyl sites for hydroxylation is 2. The van der Waals surface area contributed by atoms with E-state index in [0.717, 1.165) is 11.4 Å². The summed E-state index contributed by atoms with van der Waals surface area (Å²) in [6.07, 6.45) is 1.50. The highest BCUT2D eigenvalue weighted by molar-refractivity contribution is 5.81. The van der Waals surface area contributed by atoms with E-state index in [1.807, 2.05) is 37.6 Å². The third-order valence-electron chi connectivity index (χ3n) is 3.61. The number of hydrogen-bond acceptors (Lipinski definition) is 5. The molecular formula is C17H22N6O. The second-order valence-corrected chi connectivity index (χ2v) is 5.95. The van der Waals surface area contributed by atoms with Crippen LogP contribution in [-0.4, -0.2) is 40.3 Å². The average molecular weight is 326 g/mol. The molecular weight excluding hydrogens is 304 g/mol. The first kappa shape index (κ1) is 17.5. The lowest BCUT2D eigenvalue weighted by Crippen LogP contribution is -2.42. The molecule has 0 aliphatic rings. The zero-order valence-corrected chi connectivity index (χ0v) is 14.4.